The molecule has 4 nitrogen and oxygen atoms in total. The number of nitrogens with zero attached hydrogens (tertiary/aromatic N) is 4. The maximum absolute atomic E-state index is 7.89. The first-order chi connectivity index (χ1) is 55.2. The van der Waals surface area contributed by atoms with Crippen molar-refractivity contribution in [2.45, 2.75) is 157 Å². The Labute approximate surface area is 698 Å². The van der Waals surface area contributed by atoms with Gasteiger partial charge in [-0.1, -0.05) is 355 Å². The normalized spacial score (nSPS) is 14.6. The Morgan fingerprint density at radius 1 is 0.207 bits per heavy atom. The quantitative estimate of drug-likeness (QED) is 0.141. The zero-order chi connectivity index (χ0) is 81.4. The third-order valence-electron chi connectivity index (χ3n) is 25.0. The summed E-state index contributed by atoms with van der Waals surface area (Å²) in [5.41, 5.74) is 25.8. The van der Waals surface area contributed by atoms with Gasteiger partial charge in [-0.05, 0) is 233 Å². The lowest BCUT2D eigenvalue weighted by molar-refractivity contribution is 0.568. The van der Waals surface area contributed by atoms with Gasteiger partial charge < -0.3 is 19.6 Å². The lowest BCUT2D eigenvalue weighted by Crippen LogP contribution is -2.88. The van der Waals surface area contributed by atoms with Gasteiger partial charge in [0.25, 0.3) is 6.71 Å². The molecule has 0 saturated heterocycles. The highest BCUT2D eigenvalue weighted by molar-refractivity contribution is 7.27. The summed E-state index contributed by atoms with van der Waals surface area (Å²) >= 11 is 7.89. The van der Waals surface area contributed by atoms with E-state index in [1.165, 1.54) is 125 Å². The summed E-state index contributed by atoms with van der Waals surface area (Å²) in [7, 11) is -5.84. The van der Waals surface area contributed by atoms with E-state index in [4.69, 9.17) is 11.6 Å². The number of rotatable bonds is 8. The first kappa shape index (κ1) is 77.6. The molecule has 14 aromatic carbocycles. The van der Waals surface area contributed by atoms with E-state index < -0.39 is 16.1 Å². The molecule has 14 aromatic rings. The third kappa shape index (κ3) is 13.2. The van der Waals surface area contributed by atoms with E-state index in [2.05, 4.69) is 472 Å². The van der Waals surface area contributed by atoms with E-state index in [1.807, 2.05) is 0 Å². The largest absolute Gasteiger partial charge is 0.311 e. The number of halogens is 1. The van der Waals surface area contributed by atoms with E-state index in [0.29, 0.717) is 5.02 Å². The lowest BCUT2D eigenvalue weighted by Gasteiger charge is -2.51. The highest BCUT2D eigenvalue weighted by Gasteiger charge is 2.56. The Kier molecular flexibility index (Phi) is 19.2. The van der Waals surface area contributed by atoms with Crippen LogP contribution in [0.4, 0.5) is 68.2 Å². The molecule has 578 valence electrons. The summed E-state index contributed by atoms with van der Waals surface area (Å²) in [6.45, 7) is 41.7. The molecule has 4 heterocycles. The van der Waals surface area contributed by atoms with Crippen molar-refractivity contribution in [2.24, 2.45) is 0 Å². The molecule has 0 radical (unpaired) electrons. The fraction of sp³-hybridized carbons (Fsp3) is 0.222. The second-order valence-electron chi connectivity index (χ2n) is 38.8. The molecule has 0 aliphatic carbocycles. The van der Waals surface area contributed by atoms with Gasteiger partial charge in [-0.3, -0.25) is 0 Å². The molecule has 0 saturated carbocycles. The molecular weight excluding hydrogens is 1460 g/mol. The topological polar surface area (TPSA) is 13.0 Å². The number of benzene rings is 14. The monoisotopic (exact) mass is 1560 g/mol. The molecule has 6 bridgehead atoms. The number of hydrogen-bond acceptors (Lipinski definition) is 4. The first-order valence-electron chi connectivity index (χ1n) is 41.6. The van der Waals surface area contributed by atoms with E-state index in [9.17, 15) is 0 Å². The van der Waals surface area contributed by atoms with Crippen molar-refractivity contribution in [3.05, 3.63) is 366 Å². The number of fused-ring (bicyclic) bond motifs is 6. The zero-order valence-corrected chi connectivity index (χ0v) is 73.7. The Bertz CT molecular complexity index is 5910. The number of anilines is 12. The Morgan fingerprint density at radius 2 is 0.474 bits per heavy atom. The van der Waals surface area contributed by atoms with Crippen molar-refractivity contribution in [3.8, 4) is 0 Å². The van der Waals surface area contributed by atoms with Crippen LogP contribution >= 0.6 is 11.6 Å². The second-order valence-corrected chi connectivity index (χ2v) is 46.7. The fourth-order valence-corrected chi connectivity index (χ4v) is 29.2. The van der Waals surface area contributed by atoms with Crippen LogP contribution in [0.1, 0.15) is 158 Å². The van der Waals surface area contributed by atoms with Crippen LogP contribution in [0.25, 0.3) is 0 Å². The predicted octanol–water partition coefficient (Wildman–Crippen LogP) is 22.2. The third-order valence-corrected chi connectivity index (χ3v) is 35.0. The van der Waals surface area contributed by atoms with Crippen LogP contribution in [-0.2, 0) is 32.5 Å². The van der Waals surface area contributed by atoms with E-state index in [0.717, 1.165) is 34.1 Å². The standard InChI is InChI=1S/C54H53BN2Si.C54H55ClN2Si/c1-52(2,3)36-29-31-39(32-30-36)56-43-23-16-24-44-49(43)55-50-45(56)25-17-27-47(50)58(41-19-12-10-13-20-41,42-21-14-11-15-22-42)48-28-18-26-46(51(48)55)57(44)40-34-37(53(4,5)6)33-38(35-40)54(7,8)9;1-52(2,3)38-29-31-41(32-30-38)56-42-19-16-25-47(36-42)58(45-21-12-10-13-22-45,46-23-14-11-15-24-46)48-26-17-20-43(37-48)57(50-28-18-27-49(56)51(50)55)44-34-39(53(4,5)6)33-40(35-44)54(7,8)9/h10-35H,1-9H3;10-37H,1-9H3. The molecular formula is C108H108BClN4Si2. The Balaban J connectivity index is 0.000000167. The van der Waals surface area contributed by atoms with Crippen molar-refractivity contribution in [1.82, 2.24) is 0 Å². The first-order valence-corrected chi connectivity index (χ1v) is 46.0. The molecule has 0 spiro atoms. The predicted molar refractivity (Wildman–Crippen MR) is 508 cm³/mol. The van der Waals surface area contributed by atoms with Crippen LogP contribution in [0.2, 0.25) is 5.02 Å². The summed E-state index contributed by atoms with van der Waals surface area (Å²) in [5.74, 6) is 0. The molecule has 8 heteroatoms. The van der Waals surface area contributed by atoms with Crippen molar-refractivity contribution < 1.29 is 0 Å². The summed E-state index contributed by atoms with van der Waals surface area (Å²) in [6.07, 6.45) is 0. The van der Waals surface area contributed by atoms with Crippen LogP contribution in [0.5, 0.6) is 0 Å². The molecule has 18 rings (SSSR count). The van der Waals surface area contributed by atoms with Gasteiger partial charge in [0.05, 0.1) is 16.4 Å². The summed E-state index contributed by atoms with van der Waals surface area (Å²) < 4.78 is 0. The molecule has 0 fully saturated rings. The van der Waals surface area contributed by atoms with Gasteiger partial charge in [0, 0.05) is 56.9 Å². The average molecular weight is 1560 g/mol. The fourth-order valence-electron chi connectivity index (χ4n) is 18.8. The van der Waals surface area contributed by atoms with Crippen LogP contribution < -0.4 is 77.5 Å². The highest BCUT2D eigenvalue weighted by atomic mass is 35.5. The lowest BCUT2D eigenvalue weighted by atomic mass is 9.33. The van der Waals surface area contributed by atoms with E-state index in [1.54, 1.807) is 0 Å². The SMILES string of the molecule is CC(C)(C)c1ccc(N2c3cccc(c3)[Si](c3ccccc3)(c3ccccc3)c3cccc(c3)N(c3cc(C(C)(C)C)cc(C(C)(C)C)c3)c3cccc2c3Cl)cc1.CC(C)(C)c1ccc(N2c3cccc4c3B3c5c2cccc5[Si](c2ccccc2)(c2ccccc2)c2cccc(c23)N4c2cc(C(C)(C)C)cc(C(C)(C)C)c2)cc1. The molecule has 0 N–H and O–H groups in total. The van der Waals surface area contributed by atoms with Gasteiger partial charge in [0.2, 0.25) is 0 Å². The maximum atomic E-state index is 7.89. The van der Waals surface area contributed by atoms with Crippen molar-refractivity contribution >= 4 is 161 Å². The molecule has 116 heavy (non-hydrogen) atoms. The van der Waals surface area contributed by atoms with Gasteiger partial charge in [-0.15, -0.1) is 0 Å². The van der Waals surface area contributed by atoms with Crippen molar-refractivity contribution in [1.29, 1.82) is 0 Å². The molecule has 4 aliphatic rings. The molecule has 0 amide bonds. The maximum Gasteiger partial charge on any atom is 0.251 e. The molecule has 4 aliphatic heterocycles. The van der Waals surface area contributed by atoms with E-state index >= 15 is 0 Å². The van der Waals surface area contributed by atoms with Gasteiger partial charge in [-0.25, -0.2) is 0 Å². The number of hydrogen-bond donors (Lipinski definition) is 0. The Hall–Kier alpha value is -10.9. The minimum atomic E-state index is -2.95. The highest BCUT2D eigenvalue weighted by Crippen LogP contribution is 2.51. The zero-order valence-electron chi connectivity index (χ0n) is 70.9. The summed E-state index contributed by atoms with van der Waals surface area (Å²) in [4.78, 5) is 9.98. The molecule has 0 atom stereocenters. The molecule has 0 unspecified atom stereocenters. The average Bonchev–Trinajstić information content (AvgIpc) is 0.662. The van der Waals surface area contributed by atoms with Crippen LogP contribution in [0.3, 0.4) is 0 Å². The smallest absolute Gasteiger partial charge is 0.251 e. The van der Waals surface area contributed by atoms with Crippen LogP contribution in [-0.4, -0.2) is 22.9 Å². The Morgan fingerprint density at radius 3 is 0.819 bits per heavy atom. The van der Waals surface area contributed by atoms with Gasteiger partial charge in [0.15, 0.2) is 16.1 Å². The molecule has 0 aromatic heterocycles. The second kappa shape index (κ2) is 28.8. The minimum absolute atomic E-state index is 0.0207. The summed E-state index contributed by atoms with van der Waals surface area (Å²) in [6, 6.07) is 125. The van der Waals surface area contributed by atoms with Crippen molar-refractivity contribution in [3.63, 3.8) is 0 Å². The van der Waals surface area contributed by atoms with Crippen molar-refractivity contribution in [2.75, 3.05) is 19.6 Å². The van der Waals surface area contributed by atoms with Gasteiger partial charge >= 0.3 is 0 Å². The van der Waals surface area contributed by atoms with Gasteiger partial charge in [-0.2, -0.15) is 0 Å². The van der Waals surface area contributed by atoms with Crippen LogP contribution in [0.15, 0.2) is 328 Å². The van der Waals surface area contributed by atoms with Crippen LogP contribution in [0, 0.1) is 0 Å². The van der Waals surface area contributed by atoms with Gasteiger partial charge in [0.1, 0.15) is 0 Å². The minimum Gasteiger partial charge on any atom is -0.311 e. The summed E-state index contributed by atoms with van der Waals surface area (Å²) in [5, 5.41) is 11.8. The van der Waals surface area contributed by atoms with E-state index in [-0.39, 0.29) is 39.2 Å².